The van der Waals surface area contributed by atoms with Crippen LogP contribution in [0, 0.1) is 13.8 Å². The molecular weight excluding hydrogens is 164 g/mol. The Morgan fingerprint density at radius 3 is 2.18 bits per heavy atom. The van der Waals surface area contributed by atoms with Crippen molar-refractivity contribution in [1.29, 1.82) is 0 Å². The molecule has 0 aliphatic carbocycles. The third-order valence-corrected chi connectivity index (χ3v) is 1.54. The van der Waals surface area contributed by atoms with E-state index in [4.69, 9.17) is 10.3 Å². The van der Waals surface area contributed by atoms with E-state index in [1.807, 2.05) is 20.8 Å². The molecular formula is C7H13ClN2O. The van der Waals surface area contributed by atoms with Gasteiger partial charge in [-0.3, -0.25) is 0 Å². The molecule has 0 aliphatic rings. The van der Waals surface area contributed by atoms with Gasteiger partial charge in [-0.15, -0.1) is 12.4 Å². The smallest absolute Gasteiger partial charge is 0.138 e. The number of aryl methyl sites for hydroxylation is 2. The molecule has 1 atom stereocenters. The summed E-state index contributed by atoms with van der Waals surface area (Å²) in [6.07, 6.45) is 0. The molecule has 1 heterocycles. The highest BCUT2D eigenvalue weighted by Gasteiger charge is 2.11. The van der Waals surface area contributed by atoms with Crippen LogP contribution in [0.1, 0.15) is 30.0 Å². The molecule has 0 saturated carbocycles. The average Bonchev–Trinajstić information content (AvgIpc) is 2.11. The lowest BCUT2D eigenvalue weighted by Gasteiger charge is -2.01. The van der Waals surface area contributed by atoms with Crippen LogP contribution in [0.15, 0.2) is 4.52 Å². The van der Waals surface area contributed by atoms with Crippen LogP contribution < -0.4 is 5.73 Å². The van der Waals surface area contributed by atoms with Crippen molar-refractivity contribution in [3.8, 4) is 0 Å². The van der Waals surface area contributed by atoms with Crippen molar-refractivity contribution < 1.29 is 4.52 Å². The van der Waals surface area contributed by atoms with E-state index in [-0.39, 0.29) is 18.4 Å². The molecule has 0 saturated heterocycles. The number of rotatable bonds is 1. The molecule has 11 heavy (non-hydrogen) atoms. The largest absolute Gasteiger partial charge is 0.361 e. The topological polar surface area (TPSA) is 52.0 Å². The average molecular weight is 177 g/mol. The SMILES string of the molecule is Cc1noc(C)c1[C@@H](C)N.Cl. The maximum atomic E-state index is 5.66. The van der Waals surface area contributed by atoms with E-state index in [9.17, 15) is 0 Å². The lowest BCUT2D eigenvalue weighted by molar-refractivity contribution is 0.391. The summed E-state index contributed by atoms with van der Waals surface area (Å²) in [6, 6.07) is 0.0197. The van der Waals surface area contributed by atoms with Gasteiger partial charge < -0.3 is 10.3 Å². The maximum Gasteiger partial charge on any atom is 0.138 e. The Hall–Kier alpha value is -0.540. The van der Waals surface area contributed by atoms with Crippen molar-refractivity contribution in [2.45, 2.75) is 26.8 Å². The normalized spacial score (nSPS) is 12.4. The molecule has 2 N–H and O–H groups in total. The number of nitrogens with two attached hydrogens (primary N) is 1. The van der Waals surface area contributed by atoms with E-state index in [2.05, 4.69) is 5.16 Å². The molecule has 0 unspecified atom stereocenters. The molecule has 1 aromatic heterocycles. The van der Waals surface area contributed by atoms with E-state index >= 15 is 0 Å². The second kappa shape index (κ2) is 3.74. The molecule has 0 fully saturated rings. The molecule has 0 aliphatic heterocycles. The Balaban J connectivity index is 0.000001000. The third-order valence-electron chi connectivity index (χ3n) is 1.54. The molecule has 0 aromatic carbocycles. The van der Waals surface area contributed by atoms with Crippen LogP contribution in [0.3, 0.4) is 0 Å². The lowest BCUT2D eigenvalue weighted by Crippen LogP contribution is -2.06. The van der Waals surface area contributed by atoms with Gasteiger partial charge in [0, 0.05) is 11.6 Å². The fraction of sp³-hybridized carbons (Fsp3) is 0.571. The zero-order chi connectivity index (χ0) is 7.72. The fourth-order valence-corrected chi connectivity index (χ4v) is 1.14. The Kier molecular flexibility index (Phi) is 3.55. The van der Waals surface area contributed by atoms with Crippen LogP contribution in [0.5, 0.6) is 0 Å². The highest BCUT2D eigenvalue weighted by molar-refractivity contribution is 5.85. The second-order valence-corrected chi connectivity index (χ2v) is 2.53. The zero-order valence-corrected chi connectivity index (χ0v) is 7.73. The van der Waals surface area contributed by atoms with Gasteiger partial charge >= 0.3 is 0 Å². The van der Waals surface area contributed by atoms with E-state index in [1.54, 1.807) is 0 Å². The summed E-state index contributed by atoms with van der Waals surface area (Å²) < 4.78 is 4.93. The van der Waals surface area contributed by atoms with E-state index in [0.717, 1.165) is 17.0 Å². The van der Waals surface area contributed by atoms with Crippen molar-refractivity contribution in [2.24, 2.45) is 5.73 Å². The minimum atomic E-state index is 0. The standard InChI is InChI=1S/C7H12N2O.ClH/c1-4(8)7-5(2)9-10-6(7)3;/h4H,8H2,1-3H3;1H/t4-;/m1./s1. The summed E-state index contributed by atoms with van der Waals surface area (Å²) in [7, 11) is 0. The molecule has 1 aromatic rings. The third kappa shape index (κ3) is 1.94. The van der Waals surface area contributed by atoms with Crippen LogP contribution in [-0.2, 0) is 0 Å². The van der Waals surface area contributed by atoms with Gasteiger partial charge in [0.1, 0.15) is 5.76 Å². The minimum absolute atomic E-state index is 0. The zero-order valence-electron chi connectivity index (χ0n) is 6.92. The predicted octanol–water partition coefficient (Wildman–Crippen LogP) is 1.73. The summed E-state index contributed by atoms with van der Waals surface area (Å²) >= 11 is 0. The van der Waals surface area contributed by atoms with Crippen molar-refractivity contribution in [1.82, 2.24) is 5.16 Å². The first-order valence-electron chi connectivity index (χ1n) is 3.31. The molecule has 0 radical (unpaired) electrons. The summed E-state index contributed by atoms with van der Waals surface area (Å²) in [5.41, 5.74) is 7.58. The molecule has 0 spiro atoms. The van der Waals surface area contributed by atoms with Gasteiger partial charge in [0.05, 0.1) is 5.69 Å². The first-order valence-corrected chi connectivity index (χ1v) is 3.31. The summed E-state index contributed by atoms with van der Waals surface area (Å²) in [6.45, 7) is 5.69. The van der Waals surface area contributed by atoms with Gasteiger partial charge in [-0.05, 0) is 20.8 Å². The first kappa shape index (κ1) is 10.5. The predicted molar refractivity (Wildman–Crippen MR) is 45.8 cm³/mol. The van der Waals surface area contributed by atoms with Gasteiger partial charge in [0.25, 0.3) is 0 Å². The Morgan fingerprint density at radius 1 is 1.45 bits per heavy atom. The fourth-order valence-electron chi connectivity index (χ4n) is 1.14. The molecule has 64 valence electrons. The van der Waals surface area contributed by atoms with Crippen LogP contribution in [0.2, 0.25) is 0 Å². The lowest BCUT2D eigenvalue weighted by atomic mass is 10.1. The van der Waals surface area contributed by atoms with E-state index in [0.29, 0.717) is 0 Å². The highest BCUT2D eigenvalue weighted by Crippen LogP contribution is 2.18. The summed E-state index contributed by atoms with van der Waals surface area (Å²) in [5.74, 6) is 0.826. The van der Waals surface area contributed by atoms with Gasteiger partial charge in [0.15, 0.2) is 0 Å². The Labute approximate surface area is 72.3 Å². The molecule has 3 nitrogen and oxygen atoms in total. The monoisotopic (exact) mass is 176 g/mol. The highest BCUT2D eigenvalue weighted by atomic mass is 35.5. The van der Waals surface area contributed by atoms with E-state index in [1.165, 1.54) is 0 Å². The number of hydrogen-bond acceptors (Lipinski definition) is 3. The van der Waals surface area contributed by atoms with Crippen molar-refractivity contribution in [3.63, 3.8) is 0 Å². The summed E-state index contributed by atoms with van der Waals surface area (Å²) in [4.78, 5) is 0. The first-order chi connectivity index (χ1) is 4.63. The summed E-state index contributed by atoms with van der Waals surface area (Å²) in [5, 5.41) is 3.78. The van der Waals surface area contributed by atoms with Crippen molar-refractivity contribution >= 4 is 12.4 Å². The molecule has 0 amide bonds. The Bertz CT molecular complexity index is 213. The maximum absolute atomic E-state index is 5.66. The molecule has 4 heteroatoms. The van der Waals surface area contributed by atoms with Gasteiger partial charge in [-0.2, -0.15) is 0 Å². The number of hydrogen-bond donors (Lipinski definition) is 1. The van der Waals surface area contributed by atoms with E-state index < -0.39 is 0 Å². The molecule has 0 bridgehead atoms. The van der Waals surface area contributed by atoms with Crippen LogP contribution in [0.4, 0.5) is 0 Å². The van der Waals surface area contributed by atoms with Gasteiger partial charge in [-0.1, -0.05) is 5.16 Å². The van der Waals surface area contributed by atoms with Crippen LogP contribution in [0.25, 0.3) is 0 Å². The number of halogens is 1. The van der Waals surface area contributed by atoms with Gasteiger partial charge in [0.2, 0.25) is 0 Å². The number of nitrogens with zero attached hydrogens (tertiary/aromatic N) is 1. The minimum Gasteiger partial charge on any atom is -0.361 e. The molecule has 1 rings (SSSR count). The van der Waals surface area contributed by atoms with Crippen LogP contribution >= 0.6 is 12.4 Å². The Morgan fingerprint density at radius 2 is 2.00 bits per heavy atom. The van der Waals surface area contributed by atoms with Crippen molar-refractivity contribution in [2.75, 3.05) is 0 Å². The number of aromatic nitrogens is 1. The van der Waals surface area contributed by atoms with Crippen LogP contribution in [-0.4, -0.2) is 5.16 Å². The van der Waals surface area contributed by atoms with Crippen molar-refractivity contribution in [3.05, 3.63) is 17.0 Å². The second-order valence-electron chi connectivity index (χ2n) is 2.53. The quantitative estimate of drug-likeness (QED) is 0.709. The van der Waals surface area contributed by atoms with Gasteiger partial charge in [-0.25, -0.2) is 0 Å².